The molecular weight excluding hydrogens is 317 g/mol. The van der Waals surface area contributed by atoms with Gasteiger partial charge in [-0.1, -0.05) is 11.2 Å². The van der Waals surface area contributed by atoms with Crippen LogP contribution in [0.5, 0.6) is 5.75 Å². The molecule has 4 nitrogen and oxygen atoms in total. The highest BCUT2D eigenvalue weighted by Crippen LogP contribution is 2.27. The highest BCUT2D eigenvalue weighted by Gasteiger charge is 2.27. The first-order chi connectivity index (χ1) is 8.35. The molecule has 0 aliphatic heterocycles. The summed E-state index contributed by atoms with van der Waals surface area (Å²) in [5, 5.41) is 11.4. The molecule has 0 aliphatic carbocycles. The third kappa shape index (κ3) is 4.10. The van der Waals surface area contributed by atoms with Crippen molar-refractivity contribution in [1.29, 1.82) is 0 Å². The van der Waals surface area contributed by atoms with Gasteiger partial charge in [0.2, 0.25) is 0 Å². The molecule has 0 radical (unpaired) electrons. The minimum Gasteiger partial charge on any atom is -0.492 e. The Kier molecular flexibility index (Phi) is 4.83. The fraction of sp³-hybridized carbons (Fsp3) is 0.300. The number of hydrogen-bond acceptors (Lipinski definition) is 3. The van der Waals surface area contributed by atoms with Gasteiger partial charge in [0.1, 0.15) is 5.75 Å². The Morgan fingerprint density at radius 2 is 2.11 bits per heavy atom. The molecule has 1 aromatic carbocycles. The first-order valence-electron chi connectivity index (χ1n) is 4.81. The van der Waals surface area contributed by atoms with Crippen LogP contribution in [0.2, 0.25) is 0 Å². The van der Waals surface area contributed by atoms with Crippen LogP contribution in [0.25, 0.3) is 0 Å². The highest BCUT2D eigenvalue weighted by atomic mass is 79.9. The van der Waals surface area contributed by atoms with Gasteiger partial charge in [0.15, 0.2) is 5.84 Å². The van der Waals surface area contributed by atoms with Gasteiger partial charge >= 0.3 is 6.18 Å². The summed E-state index contributed by atoms with van der Waals surface area (Å²) in [5.74, 6) is -0.131. The van der Waals surface area contributed by atoms with Crippen molar-refractivity contribution in [3.63, 3.8) is 0 Å². The number of ether oxygens (including phenoxy) is 1. The van der Waals surface area contributed by atoms with E-state index in [4.69, 9.17) is 15.7 Å². The van der Waals surface area contributed by atoms with Crippen LogP contribution in [0.1, 0.15) is 12.0 Å². The number of amidine groups is 1. The smallest absolute Gasteiger partial charge is 0.392 e. The molecule has 0 unspecified atom stereocenters. The summed E-state index contributed by atoms with van der Waals surface area (Å²) in [6, 6.07) is 4.61. The lowest BCUT2D eigenvalue weighted by molar-refractivity contribution is -0.139. The Morgan fingerprint density at radius 1 is 1.44 bits per heavy atom. The van der Waals surface area contributed by atoms with E-state index >= 15 is 0 Å². The molecule has 18 heavy (non-hydrogen) atoms. The Balaban J connectivity index is 2.86. The third-order valence-corrected chi connectivity index (χ3v) is 2.64. The summed E-state index contributed by atoms with van der Waals surface area (Å²) in [7, 11) is 0. The van der Waals surface area contributed by atoms with Gasteiger partial charge in [0.05, 0.1) is 18.6 Å². The molecule has 0 atom stereocenters. The number of halogens is 4. The predicted octanol–water partition coefficient (Wildman–Crippen LogP) is 2.87. The van der Waals surface area contributed by atoms with E-state index in [1.165, 1.54) is 6.07 Å². The maximum Gasteiger partial charge on any atom is 0.392 e. The predicted molar refractivity (Wildman–Crippen MR) is 62.8 cm³/mol. The summed E-state index contributed by atoms with van der Waals surface area (Å²) in [4.78, 5) is 0. The maximum absolute atomic E-state index is 12.0. The third-order valence-electron chi connectivity index (χ3n) is 1.98. The van der Waals surface area contributed by atoms with Gasteiger partial charge in [-0.05, 0) is 28.1 Å². The summed E-state index contributed by atoms with van der Waals surface area (Å²) >= 11 is 3.15. The summed E-state index contributed by atoms with van der Waals surface area (Å²) in [6.45, 7) is -0.536. The van der Waals surface area contributed by atoms with Gasteiger partial charge in [-0.15, -0.1) is 0 Å². The molecule has 0 fully saturated rings. The highest BCUT2D eigenvalue weighted by molar-refractivity contribution is 9.10. The average Bonchev–Trinajstić information content (AvgIpc) is 2.26. The molecule has 0 aromatic heterocycles. The zero-order chi connectivity index (χ0) is 13.8. The number of oxime groups is 1. The van der Waals surface area contributed by atoms with E-state index in [1.807, 2.05) is 0 Å². The molecule has 0 spiro atoms. The monoisotopic (exact) mass is 326 g/mol. The number of hydrogen-bond donors (Lipinski definition) is 2. The van der Waals surface area contributed by atoms with E-state index in [1.54, 1.807) is 12.1 Å². The van der Waals surface area contributed by atoms with Gasteiger partial charge in [-0.25, -0.2) is 0 Å². The summed E-state index contributed by atoms with van der Waals surface area (Å²) in [5.41, 5.74) is 5.63. The molecule has 100 valence electrons. The number of nitrogens with zero attached hydrogens (tertiary/aromatic N) is 1. The molecule has 0 amide bonds. The van der Waals surface area contributed by atoms with Crippen molar-refractivity contribution in [2.75, 3.05) is 6.61 Å². The van der Waals surface area contributed by atoms with E-state index in [0.29, 0.717) is 4.47 Å². The molecule has 1 rings (SSSR count). The van der Waals surface area contributed by atoms with Gasteiger partial charge in [0, 0.05) is 4.47 Å². The van der Waals surface area contributed by atoms with E-state index in [9.17, 15) is 13.2 Å². The van der Waals surface area contributed by atoms with E-state index in [-0.39, 0.29) is 17.1 Å². The zero-order valence-electron chi connectivity index (χ0n) is 9.04. The molecule has 0 heterocycles. The van der Waals surface area contributed by atoms with Crippen molar-refractivity contribution < 1.29 is 23.1 Å². The largest absolute Gasteiger partial charge is 0.492 e. The first kappa shape index (κ1) is 14.6. The maximum atomic E-state index is 12.0. The van der Waals surface area contributed by atoms with Gasteiger partial charge in [-0.2, -0.15) is 13.2 Å². The average molecular weight is 327 g/mol. The van der Waals surface area contributed by atoms with Crippen molar-refractivity contribution in [3.05, 3.63) is 28.2 Å². The molecule has 0 bridgehead atoms. The van der Waals surface area contributed by atoms with Crippen LogP contribution in [-0.4, -0.2) is 23.8 Å². The quantitative estimate of drug-likeness (QED) is 0.387. The molecule has 0 saturated carbocycles. The second kappa shape index (κ2) is 5.94. The zero-order valence-corrected chi connectivity index (χ0v) is 10.6. The number of benzene rings is 1. The van der Waals surface area contributed by atoms with Gasteiger partial charge in [0.25, 0.3) is 0 Å². The Hall–Kier alpha value is -1.44. The molecule has 0 aliphatic rings. The molecule has 0 saturated heterocycles. The molecule has 1 aromatic rings. The van der Waals surface area contributed by atoms with Gasteiger partial charge in [-0.3, -0.25) is 0 Å². The second-order valence-electron chi connectivity index (χ2n) is 3.31. The van der Waals surface area contributed by atoms with E-state index in [0.717, 1.165) is 0 Å². The number of alkyl halides is 3. The normalized spacial score (nSPS) is 12.6. The lowest BCUT2D eigenvalue weighted by atomic mass is 10.2. The lowest BCUT2D eigenvalue weighted by Gasteiger charge is -2.13. The fourth-order valence-corrected chi connectivity index (χ4v) is 1.75. The standard InChI is InChI=1S/C10H10BrF3N2O2/c11-6-2-1-3-7(8(6)9(15)16-17)18-5-4-10(12,13)14/h1-3,17H,4-5H2,(H2,15,16). The van der Waals surface area contributed by atoms with Crippen LogP contribution in [-0.2, 0) is 0 Å². The van der Waals surface area contributed by atoms with Crippen LogP contribution in [0.15, 0.2) is 27.8 Å². The molecule has 8 heteroatoms. The number of nitrogens with two attached hydrogens (primary N) is 1. The van der Waals surface area contributed by atoms with Crippen molar-refractivity contribution in [2.24, 2.45) is 10.9 Å². The van der Waals surface area contributed by atoms with Crippen LogP contribution in [0.3, 0.4) is 0 Å². The number of rotatable bonds is 4. The SMILES string of the molecule is N/C(=N/O)c1c(Br)cccc1OCCC(F)(F)F. The Labute approximate surface area is 109 Å². The Morgan fingerprint density at radius 3 is 2.67 bits per heavy atom. The van der Waals surface area contributed by atoms with Crippen LogP contribution >= 0.6 is 15.9 Å². The minimum atomic E-state index is -4.29. The van der Waals surface area contributed by atoms with Crippen molar-refractivity contribution in [3.8, 4) is 5.75 Å². The molecular formula is C10H10BrF3N2O2. The molecule has 3 N–H and O–H groups in total. The second-order valence-corrected chi connectivity index (χ2v) is 4.17. The van der Waals surface area contributed by atoms with E-state index in [2.05, 4.69) is 21.1 Å². The fourth-order valence-electron chi connectivity index (χ4n) is 1.20. The summed E-state index contributed by atoms with van der Waals surface area (Å²) < 4.78 is 41.4. The summed E-state index contributed by atoms with van der Waals surface area (Å²) in [6.07, 6.45) is -5.36. The van der Waals surface area contributed by atoms with Crippen LogP contribution in [0, 0.1) is 0 Å². The van der Waals surface area contributed by atoms with E-state index < -0.39 is 19.2 Å². The van der Waals surface area contributed by atoms with Crippen molar-refractivity contribution in [2.45, 2.75) is 12.6 Å². The van der Waals surface area contributed by atoms with Gasteiger partial charge < -0.3 is 15.7 Å². The lowest BCUT2D eigenvalue weighted by Crippen LogP contribution is -2.17. The van der Waals surface area contributed by atoms with Crippen LogP contribution in [0.4, 0.5) is 13.2 Å². The first-order valence-corrected chi connectivity index (χ1v) is 5.60. The van der Waals surface area contributed by atoms with Crippen LogP contribution < -0.4 is 10.5 Å². The van der Waals surface area contributed by atoms with Crippen molar-refractivity contribution in [1.82, 2.24) is 0 Å². The van der Waals surface area contributed by atoms with Crippen molar-refractivity contribution >= 4 is 21.8 Å². The Bertz CT molecular complexity index is 449. The minimum absolute atomic E-state index is 0.115. The topological polar surface area (TPSA) is 67.8 Å².